The van der Waals surface area contributed by atoms with Gasteiger partial charge in [-0.05, 0) is 12.5 Å². The van der Waals surface area contributed by atoms with Gasteiger partial charge in [-0.1, -0.05) is 18.1 Å². The van der Waals surface area contributed by atoms with Gasteiger partial charge < -0.3 is 10.1 Å². The third-order valence-corrected chi connectivity index (χ3v) is 2.48. The average molecular weight is 290 g/mol. The van der Waals surface area contributed by atoms with E-state index in [1.165, 1.54) is 18.2 Å². The van der Waals surface area contributed by atoms with Crippen LogP contribution in [0.15, 0.2) is 24.3 Å². The summed E-state index contributed by atoms with van der Waals surface area (Å²) in [5.41, 5.74) is -0.0540. The number of nitro benzene ring substituents is 1. The average Bonchev–Trinajstić information content (AvgIpc) is 2.45. The monoisotopic (exact) mass is 290 g/mol. The van der Waals surface area contributed by atoms with Crippen molar-refractivity contribution in [2.75, 3.05) is 11.9 Å². The van der Waals surface area contributed by atoms with E-state index in [0.29, 0.717) is 0 Å². The van der Waals surface area contributed by atoms with E-state index in [9.17, 15) is 19.7 Å². The Morgan fingerprint density at radius 1 is 1.33 bits per heavy atom. The molecule has 0 fully saturated rings. The van der Waals surface area contributed by atoms with E-state index in [2.05, 4.69) is 16.0 Å². The first-order valence-electron chi connectivity index (χ1n) is 6.17. The lowest BCUT2D eigenvalue weighted by Gasteiger charge is -2.05. The van der Waals surface area contributed by atoms with Gasteiger partial charge in [-0.15, -0.1) is 6.42 Å². The van der Waals surface area contributed by atoms with Crippen molar-refractivity contribution < 1.29 is 19.2 Å². The molecule has 0 radical (unpaired) electrons. The maximum absolute atomic E-state index is 11.7. The van der Waals surface area contributed by atoms with Gasteiger partial charge in [0.05, 0.1) is 4.92 Å². The van der Waals surface area contributed by atoms with Crippen LogP contribution in [-0.4, -0.2) is 23.4 Å². The lowest BCUT2D eigenvalue weighted by molar-refractivity contribution is -0.383. The van der Waals surface area contributed by atoms with E-state index >= 15 is 0 Å². The van der Waals surface area contributed by atoms with Crippen LogP contribution in [-0.2, 0) is 14.3 Å². The lowest BCUT2D eigenvalue weighted by Crippen LogP contribution is -2.13. The summed E-state index contributed by atoms with van der Waals surface area (Å²) in [6, 6.07) is 5.83. The summed E-state index contributed by atoms with van der Waals surface area (Å²) < 4.78 is 4.65. The van der Waals surface area contributed by atoms with Gasteiger partial charge in [0.2, 0.25) is 5.91 Å². The van der Waals surface area contributed by atoms with Crippen LogP contribution in [0.25, 0.3) is 0 Å². The van der Waals surface area contributed by atoms with E-state index in [4.69, 9.17) is 6.42 Å². The lowest BCUT2D eigenvalue weighted by atomic mass is 10.2. The molecule has 0 aliphatic carbocycles. The number of benzene rings is 1. The molecule has 0 atom stereocenters. The second-order valence-electron chi connectivity index (χ2n) is 4.04. The fourth-order valence-electron chi connectivity index (χ4n) is 1.54. The van der Waals surface area contributed by atoms with Crippen molar-refractivity contribution >= 4 is 23.3 Å². The Kier molecular flexibility index (Phi) is 6.41. The molecule has 21 heavy (non-hydrogen) atoms. The van der Waals surface area contributed by atoms with Gasteiger partial charge in [0.25, 0.3) is 5.69 Å². The van der Waals surface area contributed by atoms with Crippen LogP contribution in [0, 0.1) is 22.5 Å². The molecule has 7 nitrogen and oxygen atoms in total. The van der Waals surface area contributed by atoms with Crippen LogP contribution >= 0.6 is 0 Å². The number of hydrogen-bond donors (Lipinski definition) is 1. The normalized spacial score (nSPS) is 9.48. The van der Waals surface area contributed by atoms with Crippen molar-refractivity contribution in [3.8, 4) is 12.3 Å². The van der Waals surface area contributed by atoms with Crippen LogP contribution in [0.4, 0.5) is 11.4 Å². The number of amides is 1. The number of nitrogens with one attached hydrogen (secondary N) is 1. The minimum Gasteiger partial charge on any atom is -0.452 e. The fraction of sp³-hybridized carbons (Fsp3) is 0.286. The highest BCUT2D eigenvalue weighted by Crippen LogP contribution is 2.23. The molecule has 0 saturated heterocycles. The van der Waals surface area contributed by atoms with Gasteiger partial charge >= 0.3 is 5.97 Å². The van der Waals surface area contributed by atoms with Gasteiger partial charge in [-0.25, -0.2) is 0 Å². The van der Waals surface area contributed by atoms with Gasteiger partial charge in [-0.2, -0.15) is 0 Å². The number of carbonyl (C=O) groups excluding carboxylic acids is 2. The van der Waals surface area contributed by atoms with E-state index in [-0.39, 0.29) is 37.2 Å². The Morgan fingerprint density at radius 2 is 2.05 bits per heavy atom. The number of nitro groups is 1. The molecule has 7 heteroatoms. The first-order chi connectivity index (χ1) is 10.0. The van der Waals surface area contributed by atoms with Crippen molar-refractivity contribution in [2.24, 2.45) is 0 Å². The molecule has 0 spiro atoms. The Morgan fingerprint density at radius 3 is 2.71 bits per heavy atom. The molecule has 0 heterocycles. The van der Waals surface area contributed by atoms with Crippen molar-refractivity contribution in [3.05, 3.63) is 34.4 Å². The molecular formula is C14H14N2O5. The molecule has 1 N–H and O–H groups in total. The smallest absolute Gasteiger partial charge is 0.306 e. The Balaban J connectivity index is 2.43. The topological polar surface area (TPSA) is 98.5 Å². The summed E-state index contributed by atoms with van der Waals surface area (Å²) in [6.45, 7) is -0.0960. The molecule has 1 rings (SSSR count). The third-order valence-electron chi connectivity index (χ3n) is 2.48. The maximum Gasteiger partial charge on any atom is 0.306 e. The highest BCUT2D eigenvalue weighted by Gasteiger charge is 2.14. The molecule has 0 aliphatic heterocycles. The molecule has 1 aromatic rings. The second-order valence-corrected chi connectivity index (χ2v) is 4.04. The zero-order chi connectivity index (χ0) is 15.7. The zero-order valence-electron chi connectivity index (χ0n) is 11.2. The summed E-state index contributed by atoms with van der Waals surface area (Å²) in [4.78, 5) is 33.0. The van der Waals surface area contributed by atoms with Crippen LogP contribution in [0.5, 0.6) is 0 Å². The Bertz CT molecular complexity index is 577. The number of rotatable bonds is 7. The first-order valence-corrected chi connectivity index (χ1v) is 6.17. The number of para-hydroxylation sites is 2. The molecule has 0 aromatic heterocycles. The van der Waals surface area contributed by atoms with Gasteiger partial charge in [0.15, 0.2) is 6.61 Å². The van der Waals surface area contributed by atoms with Crippen LogP contribution < -0.4 is 5.32 Å². The largest absolute Gasteiger partial charge is 0.452 e. The number of carbonyl (C=O) groups is 2. The fourth-order valence-corrected chi connectivity index (χ4v) is 1.54. The van der Waals surface area contributed by atoms with Gasteiger partial charge in [-0.3, -0.25) is 19.7 Å². The summed E-state index contributed by atoms with van der Waals surface area (Å²) in [5, 5.41) is 13.2. The number of esters is 1. The highest BCUT2D eigenvalue weighted by atomic mass is 16.6. The van der Waals surface area contributed by atoms with Crippen LogP contribution in [0.3, 0.4) is 0 Å². The molecular weight excluding hydrogens is 276 g/mol. The predicted octanol–water partition coefficient (Wildman–Crippen LogP) is 1.88. The predicted molar refractivity (Wildman–Crippen MR) is 75.4 cm³/mol. The third kappa shape index (κ3) is 5.74. The summed E-state index contributed by atoms with van der Waals surface area (Å²) in [7, 11) is 0. The van der Waals surface area contributed by atoms with Crippen LogP contribution in [0.1, 0.15) is 19.3 Å². The van der Waals surface area contributed by atoms with Gasteiger partial charge in [0.1, 0.15) is 5.69 Å². The molecule has 0 saturated carbocycles. The molecule has 110 valence electrons. The SMILES string of the molecule is C#CCOC(=O)CCCC(=O)Nc1ccccc1[N+](=O)[O-]. The number of anilines is 1. The standard InChI is InChI=1S/C14H14N2O5/c1-2-10-21-14(18)9-5-8-13(17)15-11-6-3-4-7-12(11)16(19)20/h1,3-4,6-7H,5,8-10H2,(H,15,17). The van der Waals surface area contributed by atoms with Crippen molar-refractivity contribution in [3.63, 3.8) is 0 Å². The second kappa shape index (κ2) is 8.32. The van der Waals surface area contributed by atoms with Gasteiger partial charge in [0, 0.05) is 18.9 Å². The highest BCUT2D eigenvalue weighted by molar-refractivity contribution is 5.93. The number of terminal acetylenes is 1. The summed E-state index contributed by atoms with van der Waals surface area (Å²) >= 11 is 0. The van der Waals surface area contributed by atoms with E-state index in [1.807, 2.05) is 0 Å². The van der Waals surface area contributed by atoms with E-state index < -0.39 is 16.8 Å². The van der Waals surface area contributed by atoms with Crippen molar-refractivity contribution in [2.45, 2.75) is 19.3 Å². The zero-order valence-corrected chi connectivity index (χ0v) is 11.2. The molecule has 0 aliphatic rings. The Labute approximate surface area is 121 Å². The van der Waals surface area contributed by atoms with Crippen molar-refractivity contribution in [1.82, 2.24) is 0 Å². The van der Waals surface area contributed by atoms with E-state index in [0.717, 1.165) is 0 Å². The van der Waals surface area contributed by atoms with E-state index in [1.54, 1.807) is 6.07 Å². The first kappa shape index (κ1) is 16.2. The summed E-state index contributed by atoms with van der Waals surface area (Å²) in [6.07, 6.45) is 5.32. The maximum atomic E-state index is 11.7. The van der Waals surface area contributed by atoms with Crippen LogP contribution in [0.2, 0.25) is 0 Å². The quantitative estimate of drug-likeness (QED) is 0.358. The number of ether oxygens (including phenoxy) is 1. The number of hydrogen-bond acceptors (Lipinski definition) is 5. The molecule has 0 unspecified atom stereocenters. The Hall–Kier alpha value is -2.88. The minimum atomic E-state index is -0.577. The minimum absolute atomic E-state index is 0.0528. The van der Waals surface area contributed by atoms with Crippen molar-refractivity contribution in [1.29, 1.82) is 0 Å². The molecule has 0 bridgehead atoms. The number of nitrogens with zero attached hydrogens (tertiary/aromatic N) is 1. The summed E-state index contributed by atoms with van der Waals surface area (Å²) in [5.74, 6) is 1.27. The molecule has 1 aromatic carbocycles. The molecule has 1 amide bonds.